The van der Waals surface area contributed by atoms with Crippen molar-refractivity contribution in [3.63, 3.8) is 0 Å². The van der Waals surface area contributed by atoms with Crippen molar-refractivity contribution in [3.8, 4) is 11.1 Å². The molecule has 1 aliphatic rings. The van der Waals surface area contributed by atoms with Crippen molar-refractivity contribution in [2.24, 2.45) is 5.73 Å². The number of amides is 2. The Bertz CT molecular complexity index is 1180. The van der Waals surface area contributed by atoms with Gasteiger partial charge in [0, 0.05) is 28.4 Å². The number of anilines is 1. The highest BCUT2D eigenvalue weighted by molar-refractivity contribution is 6.24. The van der Waals surface area contributed by atoms with Crippen molar-refractivity contribution in [1.29, 1.82) is 0 Å². The Hall–Kier alpha value is -3.86. The molecule has 0 bridgehead atoms. The summed E-state index contributed by atoms with van der Waals surface area (Å²) >= 11 is 0. The molecule has 0 saturated heterocycles. The van der Waals surface area contributed by atoms with Crippen LogP contribution in [-0.2, 0) is 4.79 Å². The number of hydrogen-bond donors (Lipinski definition) is 3. The van der Waals surface area contributed by atoms with Crippen LogP contribution in [0.5, 0.6) is 0 Å². The molecule has 1 aliphatic carbocycles. The van der Waals surface area contributed by atoms with E-state index >= 15 is 0 Å². The number of nitrogens with one attached hydrogen (secondary N) is 1. The standard InChI is InChI=1S/C26H25N3O2/c1-16-6-9-18(10-7-16)22(26(31)29-19-11-12-19)14-17-8-13-21(25(28)30)23(15-17)20-4-2-3-5-24(20)27/h2-10,13-15,19H,11-12,27H2,1H3,(H2,28,30)(H,29,31)/b22-14-. The van der Waals surface area contributed by atoms with Gasteiger partial charge in [0.15, 0.2) is 0 Å². The lowest BCUT2D eigenvalue weighted by atomic mass is 9.94. The molecule has 0 aliphatic heterocycles. The largest absolute Gasteiger partial charge is 0.398 e. The summed E-state index contributed by atoms with van der Waals surface area (Å²) in [5, 5.41) is 3.07. The predicted octanol–water partition coefficient (Wildman–Crippen LogP) is 4.16. The predicted molar refractivity (Wildman–Crippen MR) is 125 cm³/mol. The number of benzene rings is 3. The van der Waals surface area contributed by atoms with Crippen LogP contribution < -0.4 is 16.8 Å². The molecule has 1 saturated carbocycles. The fraction of sp³-hybridized carbons (Fsp3) is 0.154. The smallest absolute Gasteiger partial charge is 0.252 e. The van der Waals surface area contributed by atoms with Gasteiger partial charge in [-0.1, -0.05) is 54.1 Å². The fourth-order valence-corrected chi connectivity index (χ4v) is 3.50. The lowest BCUT2D eigenvalue weighted by Gasteiger charge is -2.13. The number of aryl methyl sites for hydroxylation is 1. The third kappa shape index (κ3) is 4.67. The monoisotopic (exact) mass is 411 g/mol. The fourth-order valence-electron chi connectivity index (χ4n) is 3.50. The quantitative estimate of drug-likeness (QED) is 0.323. The summed E-state index contributed by atoms with van der Waals surface area (Å²) in [6, 6.07) is 20.8. The number of nitrogens with two attached hydrogens (primary N) is 2. The molecular formula is C26H25N3O2. The van der Waals surface area contributed by atoms with E-state index in [0.717, 1.165) is 35.1 Å². The molecule has 0 aromatic heterocycles. The van der Waals surface area contributed by atoms with Crippen LogP contribution >= 0.6 is 0 Å². The van der Waals surface area contributed by atoms with Crippen LogP contribution in [0.3, 0.4) is 0 Å². The van der Waals surface area contributed by atoms with Gasteiger partial charge < -0.3 is 16.8 Å². The molecule has 4 rings (SSSR count). The molecule has 5 nitrogen and oxygen atoms in total. The second-order valence-electron chi connectivity index (χ2n) is 7.93. The van der Waals surface area contributed by atoms with Gasteiger partial charge in [0.1, 0.15) is 0 Å². The molecule has 0 unspecified atom stereocenters. The molecule has 3 aromatic rings. The molecular weight excluding hydrogens is 386 g/mol. The van der Waals surface area contributed by atoms with Gasteiger partial charge in [0.05, 0.1) is 0 Å². The van der Waals surface area contributed by atoms with Gasteiger partial charge in [0.25, 0.3) is 5.91 Å². The van der Waals surface area contributed by atoms with Crippen molar-refractivity contribution in [1.82, 2.24) is 5.32 Å². The van der Waals surface area contributed by atoms with Crippen LogP contribution in [0.15, 0.2) is 66.7 Å². The minimum Gasteiger partial charge on any atom is -0.398 e. The van der Waals surface area contributed by atoms with Crippen LogP contribution in [-0.4, -0.2) is 17.9 Å². The Morgan fingerprint density at radius 1 is 0.968 bits per heavy atom. The van der Waals surface area contributed by atoms with Crippen molar-refractivity contribution >= 4 is 29.2 Å². The summed E-state index contributed by atoms with van der Waals surface area (Å²) in [6.07, 6.45) is 3.87. The van der Waals surface area contributed by atoms with Gasteiger partial charge in [-0.3, -0.25) is 9.59 Å². The van der Waals surface area contributed by atoms with E-state index in [1.54, 1.807) is 18.2 Å². The summed E-state index contributed by atoms with van der Waals surface area (Å²) in [5.41, 5.74) is 17.4. The van der Waals surface area contributed by atoms with Crippen molar-refractivity contribution in [2.45, 2.75) is 25.8 Å². The molecule has 31 heavy (non-hydrogen) atoms. The zero-order valence-electron chi connectivity index (χ0n) is 17.4. The summed E-state index contributed by atoms with van der Waals surface area (Å²) in [4.78, 5) is 25.0. The second kappa shape index (κ2) is 8.48. The summed E-state index contributed by atoms with van der Waals surface area (Å²) in [7, 11) is 0. The zero-order valence-corrected chi connectivity index (χ0v) is 17.4. The highest BCUT2D eigenvalue weighted by atomic mass is 16.2. The Morgan fingerprint density at radius 3 is 2.32 bits per heavy atom. The van der Waals surface area contributed by atoms with E-state index in [0.29, 0.717) is 22.4 Å². The minimum atomic E-state index is -0.529. The maximum absolute atomic E-state index is 13.0. The molecule has 5 heteroatoms. The molecule has 0 radical (unpaired) electrons. The maximum atomic E-state index is 13.0. The average Bonchev–Trinajstić information content (AvgIpc) is 3.57. The molecule has 0 heterocycles. The minimum absolute atomic E-state index is 0.105. The highest BCUT2D eigenvalue weighted by Gasteiger charge is 2.25. The van der Waals surface area contributed by atoms with E-state index in [1.807, 2.05) is 61.5 Å². The molecule has 0 atom stereocenters. The number of para-hydroxylation sites is 1. The van der Waals surface area contributed by atoms with Crippen molar-refractivity contribution < 1.29 is 9.59 Å². The average molecular weight is 412 g/mol. The molecule has 2 amide bonds. The van der Waals surface area contributed by atoms with Crippen molar-refractivity contribution in [3.05, 3.63) is 89.0 Å². The van der Waals surface area contributed by atoms with Crippen LogP contribution in [0.4, 0.5) is 5.69 Å². The van der Waals surface area contributed by atoms with E-state index in [9.17, 15) is 9.59 Å². The molecule has 1 fully saturated rings. The van der Waals surface area contributed by atoms with Crippen LogP contribution in [0.2, 0.25) is 0 Å². The first kappa shape index (κ1) is 20.4. The summed E-state index contributed by atoms with van der Waals surface area (Å²) in [5.74, 6) is -0.634. The van der Waals surface area contributed by atoms with Crippen LogP contribution in [0.1, 0.15) is 39.9 Å². The number of primary amides is 1. The van der Waals surface area contributed by atoms with Gasteiger partial charge >= 0.3 is 0 Å². The second-order valence-corrected chi connectivity index (χ2v) is 7.93. The number of carbonyl (C=O) groups is 2. The van der Waals surface area contributed by atoms with Gasteiger partial charge in [-0.2, -0.15) is 0 Å². The third-order valence-corrected chi connectivity index (χ3v) is 5.39. The normalized spacial score (nSPS) is 13.6. The maximum Gasteiger partial charge on any atom is 0.252 e. The van der Waals surface area contributed by atoms with Crippen LogP contribution in [0, 0.1) is 6.92 Å². The van der Waals surface area contributed by atoms with E-state index in [1.165, 1.54) is 0 Å². The lowest BCUT2D eigenvalue weighted by Crippen LogP contribution is -2.26. The van der Waals surface area contributed by atoms with E-state index in [2.05, 4.69) is 5.32 Å². The molecule has 5 N–H and O–H groups in total. The van der Waals surface area contributed by atoms with Crippen molar-refractivity contribution in [2.75, 3.05) is 5.73 Å². The Morgan fingerprint density at radius 2 is 1.68 bits per heavy atom. The molecule has 0 spiro atoms. The number of carbonyl (C=O) groups excluding carboxylic acids is 2. The number of nitrogen functional groups attached to an aromatic ring is 1. The van der Waals surface area contributed by atoms with Crippen LogP contribution in [0.25, 0.3) is 22.8 Å². The summed E-state index contributed by atoms with van der Waals surface area (Å²) < 4.78 is 0. The molecule has 3 aromatic carbocycles. The third-order valence-electron chi connectivity index (χ3n) is 5.39. The first-order valence-electron chi connectivity index (χ1n) is 10.3. The Balaban J connectivity index is 1.82. The van der Waals surface area contributed by atoms with E-state index in [-0.39, 0.29) is 11.9 Å². The Labute approximate surface area is 181 Å². The highest BCUT2D eigenvalue weighted by Crippen LogP contribution is 2.31. The number of hydrogen-bond acceptors (Lipinski definition) is 3. The van der Waals surface area contributed by atoms with E-state index in [4.69, 9.17) is 11.5 Å². The topological polar surface area (TPSA) is 98.2 Å². The lowest BCUT2D eigenvalue weighted by molar-refractivity contribution is -0.115. The van der Waals surface area contributed by atoms with Gasteiger partial charge in [-0.05, 0) is 60.7 Å². The zero-order chi connectivity index (χ0) is 22.0. The Kier molecular flexibility index (Phi) is 5.58. The summed E-state index contributed by atoms with van der Waals surface area (Å²) in [6.45, 7) is 2.01. The van der Waals surface area contributed by atoms with E-state index < -0.39 is 5.91 Å². The first-order chi connectivity index (χ1) is 14.9. The SMILES string of the molecule is Cc1ccc(/C(=C/c2ccc(C(N)=O)c(-c3ccccc3N)c2)C(=O)NC2CC2)cc1. The van der Waals surface area contributed by atoms with Gasteiger partial charge in [0.2, 0.25) is 5.91 Å². The number of rotatable bonds is 6. The first-order valence-corrected chi connectivity index (χ1v) is 10.3. The van der Waals surface area contributed by atoms with Gasteiger partial charge in [-0.15, -0.1) is 0 Å². The van der Waals surface area contributed by atoms with Gasteiger partial charge in [-0.25, -0.2) is 0 Å². The molecule has 156 valence electrons.